The monoisotopic (exact) mass is 257 g/mol. The van der Waals surface area contributed by atoms with Crippen molar-refractivity contribution in [3.05, 3.63) is 0 Å². The Balaban J connectivity index is 3.67. The molecule has 0 aromatic heterocycles. The molecule has 0 saturated heterocycles. The first-order chi connectivity index (χ1) is 8.47. The minimum atomic E-state index is -0.0542. The summed E-state index contributed by atoms with van der Waals surface area (Å²) in [5.74, 6) is 1.75. The minimum absolute atomic E-state index is 0.0542. The van der Waals surface area contributed by atoms with Crippen molar-refractivity contribution in [3.63, 3.8) is 0 Å². The SMILES string of the molecule is CC(C)CCCOC(=O)CCC(CCN)C(C)C. The highest BCUT2D eigenvalue weighted by atomic mass is 16.5. The molecular weight excluding hydrogens is 226 g/mol. The summed E-state index contributed by atoms with van der Waals surface area (Å²) < 4.78 is 5.23. The number of esters is 1. The first kappa shape index (κ1) is 17.4. The molecule has 2 N–H and O–H groups in total. The third-order valence-corrected chi connectivity index (χ3v) is 3.39. The lowest BCUT2D eigenvalue weighted by Crippen LogP contribution is -2.16. The van der Waals surface area contributed by atoms with Crippen LogP contribution in [0.4, 0.5) is 0 Å². The van der Waals surface area contributed by atoms with Gasteiger partial charge in [-0.1, -0.05) is 27.7 Å². The maximum Gasteiger partial charge on any atom is 0.305 e. The molecule has 0 fully saturated rings. The molecule has 0 rings (SSSR count). The second-order valence-corrected chi connectivity index (χ2v) is 5.88. The fraction of sp³-hybridized carbons (Fsp3) is 0.933. The maximum atomic E-state index is 11.6. The summed E-state index contributed by atoms with van der Waals surface area (Å²) in [5, 5.41) is 0. The predicted molar refractivity (Wildman–Crippen MR) is 76.3 cm³/mol. The number of ether oxygens (including phenoxy) is 1. The molecule has 0 radical (unpaired) electrons. The van der Waals surface area contributed by atoms with Crippen LogP contribution in [0.5, 0.6) is 0 Å². The van der Waals surface area contributed by atoms with E-state index in [1.54, 1.807) is 0 Å². The van der Waals surface area contributed by atoms with Gasteiger partial charge in [0.05, 0.1) is 6.61 Å². The molecule has 1 unspecified atom stereocenters. The number of rotatable bonds is 10. The Labute approximate surface area is 112 Å². The van der Waals surface area contributed by atoms with Gasteiger partial charge in [0, 0.05) is 6.42 Å². The molecule has 0 aromatic rings. The van der Waals surface area contributed by atoms with Crippen LogP contribution >= 0.6 is 0 Å². The van der Waals surface area contributed by atoms with Crippen LogP contribution in [0, 0.1) is 17.8 Å². The van der Waals surface area contributed by atoms with Gasteiger partial charge in [0.1, 0.15) is 0 Å². The van der Waals surface area contributed by atoms with Gasteiger partial charge >= 0.3 is 5.97 Å². The van der Waals surface area contributed by atoms with Gasteiger partial charge in [-0.05, 0) is 50.0 Å². The van der Waals surface area contributed by atoms with Crippen molar-refractivity contribution in [2.24, 2.45) is 23.5 Å². The summed E-state index contributed by atoms with van der Waals surface area (Å²) >= 11 is 0. The van der Waals surface area contributed by atoms with Crippen LogP contribution in [-0.4, -0.2) is 19.1 Å². The number of hydrogen-bond donors (Lipinski definition) is 1. The van der Waals surface area contributed by atoms with Crippen molar-refractivity contribution in [1.29, 1.82) is 0 Å². The number of carbonyl (C=O) groups excluding carboxylic acids is 1. The molecule has 0 aliphatic rings. The van der Waals surface area contributed by atoms with Crippen LogP contribution in [0.1, 0.15) is 59.8 Å². The van der Waals surface area contributed by atoms with E-state index in [-0.39, 0.29) is 5.97 Å². The van der Waals surface area contributed by atoms with Crippen LogP contribution < -0.4 is 5.73 Å². The van der Waals surface area contributed by atoms with Crippen molar-refractivity contribution in [2.75, 3.05) is 13.2 Å². The summed E-state index contributed by atoms with van der Waals surface area (Å²) in [6.07, 6.45) is 4.52. The van der Waals surface area contributed by atoms with Crippen molar-refractivity contribution in [1.82, 2.24) is 0 Å². The maximum absolute atomic E-state index is 11.6. The number of hydrogen-bond acceptors (Lipinski definition) is 3. The summed E-state index contributed by atoms with van der Waals surface area (Å²) in [4.78, 5) is 11.6. The fourth-order valence-electron chi connectivity index (χ4n) is 2.08. The average Bonchev–Trinajstić information content (AvgIpc) is 2.29. The molecule has 18 heavy (non-hydrogen) atoms. The lowest BCUT2D eigenvalue weighted by molar-refractivity contribution is -0.144. The van der Waals surface area contributed by atoms with E-state index in [1.165, 1.54) is 0 Å². The molecule has 0 amide bonds. The Morgan fingerprint density at radius 1 is 1.11 bits per heavy atom. The molecule has 0 aliphatic carbocycles. The summed E-state index contributed by atoms with van der Waals surface area (Å²) in [7, 11) is 0. The summed E-state index contributed by atoms with van der Waals surface area (Å²) in [6, 6.07) is 0. The van der Waals surface area contributed by atoms with Gasteiger partial charge in [-0.15, -0.1) is 0 Å². The third kappa shape index (κ3) is 9.46. The van der Waals surface area contributed by atoms with Gasteiger partial charge in [0.2, 0.25) is 0 Å². The topological polar surface area (TPSA) is 52.3 Å². The van der Waals surface area contributed by atoms with E-state index in [4.69, 9.17) is 10.5 Å². The Kier molecular flexibility index (Phi) is 10.0. The lowest BCUT2D eigenvalue weighted by atomic mass is 9.88. The second kappa shape index (κ2) is 10.4. The zero-order chi connectivity index (χ0) is 14.0. The quantitative estimate of drug-likeness (QED) is 0.482. The van der Waals surface area contributed by atoms with Gasteiger partial charge in [-0.2, -0.15) is 0 Å². The fourth-order valence-corrected chi connectivity index (χ4v) is 2.08. The molecule has 0 heterocycles. The van der Waals surface area contributed by atoms with E-state index < -0.39 is 0 Å². The van der Waals surface area contributed by atoms with Crippen LogP contribution in [0.3, 0.4) is 0 Å². The smallest absolute Gasteiger partial charge is 0.305 e. The summed E-state index contributed by atoms with van der Waals surface area (Å²) in [6.45, 7) is 10.0. The largest absolute Gasteiger partial charge is 0.466 e. The summed E-state index contributed by atoms with van der Waals surface area (Å²) in [5.41, 5.74) is 5.58. The van der Waals surface area contributed by atoms with E-state index >= 15 is 0 Å². The van der Waals surface area contributed by atoms with Crippen molar-refractivity contribution >= 4 is 5.97 Å². The van der Waals surface area contributed by atoms with Gasteiger partial charge < -0.3 is 10.5 Å². The zero-order valence-electron chi connectivity index (χ0n) is 12.6. The van der Waals surface area contributed by atoms with Crippen LogP contribution in [0.2, 0.25) is 0 Å². The Hall–Kier alpha value is -0.570. The number of nitrogens with two attached hydrogens (primary N) is 1. The van der Waals surface area contributed by atoms with E-state index in [9.17, 15) is 4.79 Å². The average molecular weight is 257 g/mol. The second-order valence-electron chi connectivity index (χ2n) is 5.88. The third-order valence-electron chi connectivity index (χ3n) is 3.39. The highest BCUT2D eigenvalue weighted by molar-refractivity contribution is 5.69. The molecule has 1 atom stereocenters. The molecule has 0 aliphatic heterocycles. The molecule has 0 saturated carbocycles. The molecule has 3 heteroatoms. The molecule has 0 bridgehead atoms. The van der Waals surface area contributed by atoms with Gasteiger partial charge in [0.25, 0.3) is 0 Å². The normalized spacial score (nSPS) is 13.1. The van der Waals surface area contributed by atoms with Gasteiger partial charge in [0.15, 0.2) is 0 Å². The minimum Gasteiger partial charge on any atom is -0.466 e. The first-order valence-corrected chi connectivity index (χ1v) is 7.33. The molecular formula is C15H31NO2. The van der Waals surface area contributed by atoms with Crippen LogP contribution in [0.25, 0.3) is 0 Å². The van der Waals surface area contributed by atoms with Crippen molar-refractivity contribution in [2.45, 2.75) is 59.8 Å². The zero-order valence-corrected chi connectivity index (χ0v) is 12.6. The van der Waals surface area contributed by atoms with Gasteiger partial charge in [-0.25, -0.2) is 0 Å². The Morgan fingerprint density at radius 3 is 2.28 bits per heavy atom. The highest BCUT2D eigenvalue weighted by Crippen LogP contribution is 2.20. The molecule has 0 spiro atoms. The Bertz CT molecular complexity index is 215. The van der Waals surface area contributed by atoms with E-state index in [0.717, 1.165) is 25.7 Å². The van der Waals surface area contributed by atoms with Crippen molar-refractivity contribution in [3.8, 4) is 0 Å². The molecule has 3 nitrogen and oxygen atoms in total. The molecule has 0 aromatic carbocycles. The predicted octanol–water partition coefficient (Wildman–Crippen LogP) is 3.37. The standard InChI is InChI=1S/C15H31NO2/c1-12(2)6-5-11-18-15(17)8-7-14(9-10-16)13(3)4/h12-14H,5-11,16H2,1-4H3. The van der Waals surface area contributed by atoms with E-state index in [0.29, 0.717) is 37.3 Å². The van der Waals surface area contributed by atoms with Crippen molar-refractivity contribution < 1.29 is 9.53 Å². The number of carbonyl (C=O) groups is 1. The van der Waals surface area contributed by atoms with Crippen LogP contribution in [-0.2, 0) is 9.53 Å². The first-order valence-electron chi connectivity index (χ1n) is 7.33. The van der Waals surface area contributed by atoms with E-state index in [2.05, 4.69) is 27.7 Å². The van der Waals surface area contributed by atoms with Crippen LogP contribution in [0.15, 0.2) is 0 Å². The Morgan fingerprint density at radius 2 is 1.78 bits per heavy atom. The molecule has 108 valence electrons. The van der Waals surface area contributed by atoms with E-state index in [1.807, 2.05) is 0 Å². The lowest BCUT2D eigenvalue weighted by Gasteiger charge is -2.19. The highest BCUT2D eigenvalue weighted by Gasteiger charge is 2.14. The van der Waals surface area contributed by atoms with Gasteiger partial charge in [-0.3, -0.25) is 4.79 Å².